The van der Waals surface area contributed by atoms with Crippen LogP contribution < -0.4 is 5.32 Å². The number of carbonyl (C=O) groups is 4. The van der Waals surface area contributed by atoms with Gasteiger partial charge in [-0.15, -0.1) is 0 Å². The van der Waals surface area contributed by atoms with Crippen LogP contribution in [-0.2, 0) is 38.1 Å². The monoisotopic (exact) mass is 529 g/mol. The van der Waals surface area contributed by atoms with Crippen LogP contribution in [0.3, 0.4) is 0 Å². The van der Waals surface area contributed by atoms with Gasteiger partial charge in [-0.05, 0) is 54.5 Å². The molecule has 10 heteroatoms. The van der Waals surface area contributed by atoms with Crippen molar-refractivity contribution >= 4 is 23.9 Å². The van der Waals surface area contributed by atoms with Crippen LogP contribution in [0.5, 0.6) is 0 Å². The van der Waals surface area contributed by atoms with Crippen molar-refractivity contribution in [3.05, 3.63) is 49.3 Å². The molecule has 0 radical (unpaired) electrons. The van der Waals surface area contributed by atoms with E-state index in [0.717, 1.165) is 12.8 Å². The van der Waals surface area contributed by atoms with Gasteiger partial charge < -0.3 is 29.4 Å². The van der Waals surface area contributed by atoms with Crippen LogP contribution >= 0.6 is 0 Å². The summed E-state index contributed by atoms with van der Waals surface area (Å²) in [6.45, 7) is 28.0. The van der Waals surface area contributed by atoms with Crippen molar-refractivity contribution < 1.29 is 43.2 Å². The number of unbranched alkanes of at least 4 members (excludes halogenated alkanes) is 1. The Morgan fingerprint density at radius 3 is 1.65 bits per heavy atom. The second-order valence-electron chi connectivity index (χ2n) is 8.26. The van der Waals surface area contributed by atoms with E-state index in [1.807, 2.05) is 6.92 Å². The number of carbonyl (C=O) groups excluding carboxylic acids is 4. The lowest BCUT2D eigenvalue weighted by atomic mass is 10.1. The van der Waals surface area contributed by atoms with E-state index in [1.165, 1.54) is 13.2 Å². The fourth-order valence-electron chi connectivity index (χ4n) is 1.46. The van der Waals surface area contributed by atoms with Crippen molar-refractivity contribution in [2.24, 2.45) is 0 Å². The summed E-state index contributed by atoms with van der Waals surface area (Å²) in [6.07, 6.45) is 3.15. The molecule has 10 nitrogen and oxygen atoms in total. The second kappa shape index (κ2) is 25.7. The Bertz CT molecular complexity index is 735. The quantitative estimate of drug-likeness (QED) is 0.130. The van der Waals surface area contributed by atoms with Gasteiger partial charge in [0.05, 0.1) is 20.3 Å². The van der Waals surface area contributed by atoms with Crippen LogP contribution in [0, 0.1) is 0 Å². The zero-order valence-electron chi connectivity index (χ0n) is 23.9. The third kappa shape index (κ3) is 37.3. The maximum atomic E-state index is 10.9. The topological polar surface area (TPSA) is 137 Å². The number of methoxy groups -OCH3 is 1. The summed E-state index contributed by atoms with van der Waals surface area (Å²) in [6, 6.07) is 0. The zero-order valence-corrected chi connectivity index (χ0v) is 23.9. The molecule has 0 fully saturated rings. The molecule has 0 aliphatic carbocycles. The van der Waals surface area contributed by atoms with Gasteiger partial charge in [0.2, 0.25) is 0 Å². The second-order valence-corrected chi connectivity index (χ2v) is 8.26. The molecule has 214 valence electrons. The van der Waals surface area contributed by atoms with Crippen molar-refractivity contribution in [2.45, 2.75) is 66.8 Å². The lowest BCUT2D eigenvalue weighted by molar-refractivity contribution is -0.141. The van der Waals surface area contributed by atoms with E-state index in [0.29, 0.717) is 30.9 Å². The number of aliphatic hydroxyl groups excluding tert-OH is 1. The van der Waals surface area contributed by atoms with Crippen LogP contribution in [0.2, 0.25) is 0 Å². The molecule has 37 heavy (non-hydrogen) atoms. The molecule has 0 bridgehead atoms. The Labute approximate surface area is 222 Å². The minimum atomic E-state index is -0.757. The van der Waals surface area contributed by atoms with E-state index in [4.69, 9.17) is 9.84 Å². The van der Waals surface area contributed by atoms with E-state index < -0.39 is 11.7 Å². The number of rotatable bonds is 11. The van der Waals surface area contributed by atoms with Crippen molar-refractivity contribution in [1.29, 1.82) is 0 Å². The van der Waals surface area contributed by atoms with E-state index in [1.54, 1.807) is 20.8 Å². The summed E-state index contributed by atoms with van der Waals surface area (Å²) in [7, 11) is 1.33. The Morgan fingerprint density at radius 1 is 0.865 bits per heavy atom. The van der Waals surface area contributed by atoms with Crippen LogP contribution in [0.4, 0.5) is 0 Å². The van der Waals surface area contributed by atoms with Gasteiger partial charge >= 0.3 is 23.9 Å². The number of ether oxygens (including phenoxy) is 4. The van der Waals surface area contributed by atoms with Gasteiger partial charge in [0.15, 0.2) is 5.76 Å². The van der Waals surface area contributed by atoms with Crippen molar-refractivity contribution in [3.63, 3.8) is 0 Å². The van der Waals surface area contributed by atoms with Crippen LogP contribution in [0.25, 0.3) is 0 Å². The lowest BCUT2D eigenvalue weighted by Gasteiger charge is -2.20. The first kappa shape index (κ1) is 40.8. The van der Waals surface area contributed by atoms with Gasteiger partial charge in [0.1, 0.15) is 6.61 Å². The Kier molecular flexibility index (Phi) is 28.3. The molecule has 0 unspecified atom stereocenters. The summed E-state index contributed by atoms with van der Waals surface area (Å²) >= 11 is 0. The van der Waals surface area contributed by atoms with Crippen molar-refractivity contribution in [1.82, 2.24) is 5.32 Å². The number of hydrogen-bond acceptors (Lipinski definition) is 10. The Hall–Kier alpha value is -3.40. The molecule has 0 aliphatic rings. The highest BCUT2D eigenvalue weighted by atomic mass is 16.5. The molecule has 0 aromatic rings. The number of esters is 4. The molecule has 0 aliphatic heterocycles. The van der Waals surface area contributed by atoms with Gasteiger partial charge in [-0.25, -0.2) is 19.2 Å². The SMILES string of the molecule is C=C(C)C(=O)OC.C=C(C)C(=O)OCCNC(C)(C)C.C=C(O)C(=O)OCC.C=CC(=O)OCCCC. The van der Waals surface area contributed by atoms with Gasteiger partial charge in [-0.3, -0.25) is 0 Å². The summed E-state index contributed by atoms with van der Waals surface area (Å²) in [5, 5.41) is 11.5. The third-order valence-electron chi connectivity index (χ3n) is 3.29. The molecule has 0 atom stereocenters. The van der Waals surface area contributed by atoms with Gasteiger partial charge in [0, 0.05) is 29.3 Å². The molecule has 0 saturated heterocycles. The fourth-order valence-corrected chi connectivity index (χ4v) is 1.46. The highest BCUT2D eigenvalue weighted by Crippen LogP contribution is 1.97. The average molecular weight is 530 g/mol. The standard InChI is InChI=1S/C10H19NO2.C7H12O2.C5H8O3.C5H8O2/c1-8(2)9(12)13-7-6-11-10(3,4)5;1-3-5-6-9-7(8)4-2;1-3-8-5(7)4(2)6;1-4(2)5(6)7-3/h11H,1,6-7H2,2-5H3;4H,2-3,5-6H2,1H3;6H,2-3H2,1H3;1H2,2-3H3. The van der Waals surface area contributed by atoms with E-state index in [2.05, 4.69) is 66.6 Å². The van der Waals surface area contributed by atoms with Gasteiger partial charge in [-0.2, -0.15) is 0 Å². The predicted octanol–water partition coefficient (Wildman–Crippen LogP) is 4.37. The van der Waals surface area contributed by atoms with Gasteiger partial charge in [-0.1, -0.05) is 33.1 Å². The lowest BCUT2D eigenvalue weighted by Crippen LogP contribution is -2.38. The Balaban J connectivity index is -0.000000202. The highest BCUT2D eigenvalue weighted by molar-refractivity contribution is 5.87. The third-order valence-corrected chi connectivity index (χ3v) is 3.29. The smallest absolute Gasteiger partial charge is 0.372 e. The highest BCUT2D eigenvalue weighted by Gasteiger charge is 2.08. The zero-order chi connectivity index (χ0) is 30.0. The maximum Gasteiger partial charge on any atom is 0.372 e. The average Bonchev–Trinajstić information content (AvgIpc) is 2.81. The first-order valence-electron chi connectivity index (χ1n) is 11.7. The number of nitrogens with one attached hydrogen (secondary N) is 1. The molecule has 0 aromatic carbocycles. The van der Waals surface area contributed by atoms with E-state index in [-0.39, 0.29) is 30.1 Å². The first-order chi connectivity index (χ1) is 17.0. The largest absolute Gasteiger partial charge is 0.502 e. The van der Waals surface area contributed by atoms with Crippen LogP contribution in [0.15, 0.2) is 49.3 Å². The molecular weight excluding hydrogens is 482 g/mol. The minimum absolute atomic E-state index is 0.0651. The Morgan fingerprint density at radius 2 is 1.38 bits per heavy atom. The normalized spacial score (nSPS) is 9.19. The molecule has 0 saturated carbocycles. The van der Waals surface area contributed by atoms with Crippen LogP contribution in [-0.4, -0.2) is 68.0 Å². The molecule has 0 amide bonds. The molecule has 0 aromatic heterocycles. The first-order valence-corrected chi connectivity index (χ1v) is 11.7. The summed E-state index contributed by atoms with van der Waals surface area (Å²) < 4.78 is 18.2. The molecular formula is C27H47NO9. The van der Waals surface area contributed by atoms with Crippen LogP contribution in [0.1, 0.15) is 61.3 Å². The summed E-state index contributed by atoms with van der Waals surface area (Å²) in [5.41, 5.74) is 0.938. The predicted molar refractivity (Wildman–Crippen MR) is 145 cm³/mol. The van der Waals surface area contributed by atoms with E-state index in [9.17, 15) is 19.2 Å². The number of aliphatic hydroxyl groups is 1. The summed E-state index contributed by atoms with van der Waals surface area (Å²) in [4.78, 5) is 41.6. The molecule has 0 rings (SSSR count). The van der Waals surface area contributed by atoms with Gasteiger partial charge in [0.25, 0.3) is 0 Å². The summed E-state index contributed by atoms with van der Waals surface area (Å²) in [5.74, 6) is -2.31. The molecule has 0 spiro atoms. The maximum absolute atomic E-state index is 10.9. The molecule has 0 heterocycles. The minimum Gasteiger partial charge on any atom is -0.502 e. The number of hydrogen-bond donors (Lipinski definition) is 2. The molecule has 2 N–H and O–H groups in total. The fraction of sp³-hybridized carbons (Fsp3) is 0.556. The van der Waals surface area contributed by atoms with Crippen molar-refractivity contribution in [2.75, 3.05) is 33.5 Å². The van der Waals surface area contributed by atoms with E-state index >= 15 is 0 Å². The van der Waals surface area contributed by atoms with Crippen molar-refractivity contribution in [3.8, 4) is 0 Å².